The molecule has 1 fully saturated rings. The molecule has 98 valence electrons. The van der Waals surface area contributed by atoms with Crippen LogP contribution in [0.5, 0.6) is 0 Å². The molecule has 0 spiro atoms. The summed E-state index contributed by atoms with van der Waals surface area (Å²) in [6.45, 7) is 0.198. The fraction of sp³-hybridized carbons (Fsp3) is 0.462. The second-order valence-electron chi connectivity index (χ2n) is 4.54. The molecule has 2 rings (SSSR count). The molecule has 18 heavy (non-hydrogen) atoms. The molecule has 0 aliphatic heterocycles. The molecule has 1 aromatic rings. The minimum absolute atomic E-state index is 0.198. The molecule has 0 bridgehead atoms. The molecule has 5 heteroatoms. The van der Waals surface area contributed by atoms with Gasteiger partial charge in [-0.05, 0) is 31.0 Å². The molecule has 1 saturated carbocycles. The Kier molecular flexibility index (Phi) is 4.58. The molecule has 1 aromatic carbocycles. The summed E-state index contributed by atoms with van der Waals surface area (Å²) in [5.74, 6) is -0.306. The van der Waals surface area contributed by atoms with Crippen molar-refractivity contribution in [3.05, 3.63) is 34.1 Å². The zero-order valence-corrected chi connectivity index (χ0v) is 11.6. The topological polar surface area (TPSA) is 41.1 Å². The van der Waals surface area contributed by atoms with Gasteiger partial charge in [0.2, 0.25) is 0 Å². The monoisotopic (exact) mass is 314 g/mol. The Hall–Kier alpha value is -1.10. The molecule has 0 aromatic heterocycles. The van der Waals surface area contributed by atoms with Crippen molar-refractivity contribution in [2.75, 3.05) is 0 Å². The predicted octanol–water partition coefficient (Wildman–Crippen LogP) is 3.33. The summed E-state index contributed by atoms with van der Waals surface area (Å²) in [6, 6.07) is 4.75. The minimum atomic E-state index is -0.306. The third-order valence-electron chi connectivity index (χ3n) is 3.14. The first-order valence-corrected chi connectivity index (χ1v) is 6.93. The largest absolute Gasteiger partial charge is 0.335 e. The van der Waals surface area contributed by atoms with Crippen LogP contribution >= 0.6 is 15.9 Å². The van der Waals surface area contributed by atoms with E-state index < -0.39 is 0 Å². The number of carbonyl (C=O) groups is 1. The molecule has 0 heterocycles. The molecule has 1 aliphatic carbocycles. The van der Waals surface area contributed by atoms with Gasteiger partial charge in [0.15, 0.2) is 0 Å². The number of hydrogen-bond acceptors (Lipinski definition) is 1. The van der Waals surface area contributed by atoms with E-state index in [0.717, 1.165) is 17.3 Å². The van der Waals surface area contributed by atoms with E-state index in [1.54, 1.807) is 12.1 Å². The molecule has 0 atom stereocenters. The van der Waals surface area contributed by atoms with E-state index in [0.29, 0.717) is 5.56 Å². The molecule has 3 nitrogen and oxygen atoms in total. The van der Waals surface area contributed by atoms with E-state index in [9.17, 15) is 9.18 Å². The summed E-state index contributed by atoms with van der Waals surface area (Å²) in [6.07, 6.45) is 4.42. The number of urea groups is 1. The van der Waals surface area contributed by atoms with Gasteiger partial charge in [-0.3, -0.25) is 0 Å². The van der Waals surface area contributed by atoms with Gasteiger partial charge in [-0.15, -0.1) is 0 Å². The first-order valence-electron chi connectivity index (χ1n) is 6.13. The van der Waals surface area contributed by atoms with Crippen molar-refractivity contribution in [3.8, 4) is 0 Å². The van der Waals surface area contributed by atoms with E-state index in [1.165, 1.54) is 18.9 Å². The number of rotatable bonds is 3. The number of carbonyl (C=O) groups excluding carboxylic acids is 1. The number of nitrogens with one attached hydrogen (secondary N) is 2. The van der Waals surface area contributed by atoms with Crippen LogP contribution in [0.25, 0.3) is 0 Å². The Morgan fingerprint density at radius 1 is 1.39 bits per heavy atom. The highest BCUT2D eigenvalue weighted by atomic mass is 79.9. The van der Waals surface area contributed by atoms with E-state index in [1.807, 2.05) is 0 Å². The average Bonchev–Trinajstić information content (AvgIpc) is 2.83. The van der Waals surface area contributed by atoms with Crippen LogP contribution in [0.4, 0.5) is 9.18 Å². The summed E-state index contributed by atoms with van der Waals surface area (Å²) in [5.41, 5.74) is 0.478. The Morgan fingerprint density at radius 2 is 2.11 bits per heavy atom. The number of benzene rings is 1. The van der Waals surface area contributed by atoms with Gasteiger partial charge in [-0.2, -0.15) is 0 Å². The van der Waals surface area contributed by atoms with Crippen LogP contribution in [0.15, 0.2) is 22.7 Å². The van der Waals surface area contributed by atoms with E-state index >= 15 is 0 Å². The van der Waals surface area contributed by atoms with Gasteiger partial charge in [0.25, 0.3) is 0 Å². The summed E-state index contributed by atoms with van der Waals surface area (Å²) in [5, 5.41) is 5.58. The van der Waals surface area contributed by atoms with Crippen molar-refractivity contribution in [2.45, 2.75) is 38.3 Å². The maximum atomic E-state index is 13.4. The van der Waals surface area contributed by atoms with Crippen LogP contribution in [0.3, 0.4) is 0 Å². The fourth-order valence-corrected chi connectivity index (χ4v) is 2.57. The van der Waals surface area contributed by atoms with E-state index in [4.69, 9.17) is 0 Å². The molecule has 2 N–H and O–H groups in total. The summed E-state index contributed by atoms with van der Waals surface area (Å²) in [4.78, 5) is 11.6. The van der Waals surface area contributed by atoms with Crippen LogP contribution in [-0.4, -0.2) is 12.1 Å². The molecular weight excluding hydrogens is 299 g/mol. The van der Waals surface area contributed by atoms with Crippen molar-refractivity contribution >= 4 is 22.0 Å². The van der Waals surface area contributed by atoms with Crippen molar-refractivity contribution in [2.24, 2.45) is 0 Å². The maximum absolute atomic E-state index is 13.4. The summed E-state index contributed by atoms with van der Waals surface area (Å²) >= 11 is 3.28. The fourth-order valence-electron chi connectivity index (χ4n) is 2.16. The van der Waals surface area contributed by atoms with Gasteiger partial charge in [0.05, 0.1) is 0 Å². The molecule has 2 amide bonds. The SMILES string of the molecule is O=C(NCc1cc(Br)ccc1F)NC1CCCC1. The highest BCUT2D eigenvalue weighted by Gasteiger charge is 2.16. The van der Waals surface area contributed by atoms with E-state index in [2.05, 4.69) is 26.6 Å². The van der Waals surface area contributed by atoms with Crippen LogP contribution in [0, 0.1) is 5.82 Å². The van der Waals surface area contributed by atoms with Gasteiger partial charge < -0.3 is 10.6 Å². The van der Waals surface area contributed by atoms with Crippen molar-refractivity contribution < 1.29 is 9.18 Å². The number of amides is 2. The predicted molar refractivity (Wildman–Crippen MR) is 71.7 cm³/mol. The van der Waals surface area contributed by atoms with Gasteiger partial charge >= 0.3 is 6.03 Å². The highest BCUT2D eigenvalue weighted by molar-refractivity contribution is 9.10. The second-order valence-corrected chi connectivity index (χ2v) is 5.46. The highest BCUT2D eigenvalue weighted by Crippen LogP contribution is 2.17. The van der Waals surface area contributed by atoms with Gasteiger partial charge in [-0.1, -0.05) is 28.8 Å². The van der Waals surface area contributed by atoms with Crippen molar-refractivity contribution in [1.29, 1.82) is 0 Å². The van der Waals surface area contributed by atoms with Crippen LogP contribution in [0.1, 0.15) is 31.2 Å². The summed E-state index contributed by atoms with van der Waals surface area (Å²) in [7, 11) is 0. The van der Waals surface area contributed by atoms with E-state index in [-0.39, 0.29) is 24.4 Å². The summed E-state index contributed by atoms with van der Waals surface area (Å²) < 4.78 is 14.2. The Morgan fingerprint density at radius 3 is 2.83 bits per heavy atom. The Balaban J connectivity index is 1.83. The third-order valence-corrected chi connectivity index (χ3v) is 3.63. The third kappa shape index (κ3) is 3.70. The Bertz CT molecular complexity index is 433. The maximum Gasteiger partial charge on any atom is 0.315 e. The average molecular weight is 315 g/mol. The normalized spacial score (nSPS) is 15.7. The molecular formula is C13H16BrFN2O. The van der Waals surface area contributed by atoms with Crippen molar-refractivity contribution in [3.63, 3.8) is 0 Å². The zero-order chi connectivity index (χ0) is 13.0. The zero-order valence-electron chi connectivity index (χ0n) is 10.0. The number of halogens is 2. The lowest BCUT2D eigenvalue weighted by Crippen LogP contribution is -2.40. The van der Waals surface area contributed by atoms with Gasteiger partial charge in [-0.25, -0.2) is 9.18 Å². The quantitative estimate of drug-likeness (QED) is 0.882. The van der Waals surface area contributed by atoms with Crippen LogP contribution in [0.2, 0.25) is 0 Å². The first-order chi connectivity index (χ1) is 8.65. The molecule has 1 aliphatic rings. The molecule has 0 saturated heterocycles. The molecule has 0 unspecified atom stereocenters. The molecule has 0 radical (unpaired) electrons. The lowest BCUT2D eigenvalue weighted by Gasteiger charge is -2.13. The lowest BCUT2D eigenvalue weighted by atomic mass is 10.2. The minimum Gasteiger partial charge on any atom is -0.335 e. The first kappa shape index (κ1) is 13.3. The smallest absolute Gasteiger partial charge is 0.315 e. The van der Waals surface area contributed by atoms with Crippen molar-refractivity contribution in [1.82, 2.24) is 10.6 Å². The lowest BCUT2D eigenvalue weighted by molar-refractivity contribution is 0.236. The standard InChI is InChI=1S/C13H16BrFN2O/c14-10-5-6-12(15)9(7-10)8-16-13(18)17-11-3-1-2-4-11/h5-7,11H,1-4,8H2,(H2,16,17,18). The van der Waals surface area contributed by atoms with Crippen LogP contribution < -0.4 is 10.6 Å². The number of hydrogen-bond donors (Lipinski definition) is 2. The van der Waals surface area contributed by atoms with Gasteiger partial charge in [0, 0.05) is 22.6 Å². The van der Waals surface area contributed by atoms with Gasteiger partial charge in [0.1, 0.15) is 5.82 Å². The van der Waals surface area contributed by atoms with Crippen LogP contribution in [-0.2, 0) is 6.54 Å². The Labute approximate surface area is 114 Å². The second kappa shape index (κ2) is 6.18.